The minimum atomic E-state index is -1.15. The predicted octanol–water partition coefficient (Wildman–Crippen LogP) is 1.12. The Morgan fingerprint density at radius 2 is 1.76 bits per heavy atom. The molecule has 0 radical (unpaired) electrons. The molecule has 3 atom stereocenters. The van der Waals surface area contributed by atoms with Gasteiger partial charge in [-0.25, -0.2) is 5.01 Å². The van der Waals surface area contributed by atoms with E-state index in [-0.39, 0.29) is 38.1 Å². The van der Waals surface area contributed by atoms with Crippen molar-refractivity contribution in [2.24, 2.45) is 0 Å². The number of nitrogens with one attached hydrogen (secondary N) is 2. The quantitative estimate of drug-likeness (QED) is 0.519. The molecule has 2 aliphatic rings. The van der Waals surface area contributed by atoms with Gasteiger partial charge in [-0.3, -0.25) is 33.8 Å². The van der Waals surface area contributed by atoms with E-state index >= 15 is 0 Å². The van der Waals surface area contributed by atoms with Gasteiger partial charge in [-0.1, -0.05) is 18.2 Å². The first kappa shape index (κ1) is 27.8. The Labute approximate surface area is 215 Å². The van der Waals surface area contributed by atoms with Gasteiger partial charge in [0.1, 0.15) is 17.7 Å². The van der Waals surface area contributed by atoms with Gasteiger partial charge < -0.3 is 15.4 Å². The predicted molar refractivity (Wildman–Crippen MR) is 132 cm³/mol. The number of hydrogen-bond donors (Lipinski definition) is 2. The number of nitrogens with zero attached hydrogens (tertiary/aromatic N) is 2. The number of Topliss-reactive ketones (excluding diaryl/α,β-unsaturated/α-hetero) is 1. The maximum absolute atomic E-state index is 13.6. The molecule has 0 saturated carbocycles. The number of benzene rings is 1. The summed E-state index contributed by atoms with van der Waals surface area (Å²) >= 11 is 0. The summed E-state index contributed by atoms with van der Waals surface area (Å²) in [5, 5.41) is 7.61. The highest BCUT2D eigenvalue weighted by Gasteiger charge is 2.45. The number of ether oxygens (including phenoxy) is 1. The van der Waals surface area contributed by atoms with Crippen LogP contribution in [0.3, 0.4) is 0 Å². The van der Waals surface area contributed by atoms with Crippen molar-refractivity contribution in [2.75, 3.05) is 6.54 Å². The van der Waals surface area contributed by atoms with Crippen molar-refractivity contribution in [1.29, 1.82) is 0 Å². The van der Waals surface area contributed by atoms with Crippen molar-refractivity contribution in [3.8, 4) is 0 Å². The second-order valence-corrected chi connectivity index (χ2v) is 10.3. The van der Waals surface area contributed by atoms with Gasteiger partial charge in [-0.2, -0.15) is 0 Å². The van der Waals surface area contributed by atoms with Crippen LogP contribution in [0.1, 0.15) is 70.2 Å². The van der Waals surface area contributed by atoms with E-state index in [1.54, 1.807) is 51.1 Å². The summed E-state index contributed by atoms with van der Waals surface area (Å²) in [6, 6.07) is 5.13. The molecule has 1 aromatic rings. The Kier molecular flexibility index (Phi) is 8.67. The number of amides is 4. The largest absolute Gasteiger partial charge is 0.460 e. The van der Waals surface area contributed by atoms with Gasteiger partial charge >= 0.3 is 5.97 Å². The van der Waals surface area contributed by atoms with Crippen LogP contribution in [0.4, 0.5) is 0 Å². The number of carbonyl (C=O) groups is 6. The van der Waals surface area contributed by atoms with Crippen LogP contribution < -0.4 is 10.6 Å². The van der Waals surface area contributed by atoms with Gasteiger partial charge in [0, 0.05) is 18.5 Å². The Bertz CT molecular complexity index is 1070. The van der Waals surface area contributed by atoms with Gasteiger partial charge in [0.05, 0.1) is 12.5 Å². The number of hydrogen-bond acceptors (Lipinski definition) is 7. The number of carbonyl (C=O) groups excluding carboxylic acids is 6. The number of ketones is 1. The number of rotatable bonds is 7. The Balaban J connectivity index is 1.78. The fourth-order valence-corrected chi connectivity index (χ4v) is 4.35. The first-order chi connectivity index (χ1) is 17.4. The molecule has 2 aliphatic heterocycles. The molecule has 1 aromatic carbocycles. The van der Waals surface area contributed by atoms with Crippen molar-refractivity contribution < 1.29 is 33.5 Å². The van der Waals surface area contributed by atoms with Gasteiger partial charge in [-0.05, 0) is 59.1 Å². The summed E-state index contributed by atoms with van der Waals surface area (Å²) in [6.45, 7) is 6.58. The molecule has 2 saturated heterocycles. The zero-order valence-electron chi connectivity index (χ0n) is 21.6. The van der Waals surface area contributed by atoms with E-state index < -0.39 is 53.2 Å². The summed E-state index contributed by atoms with van der Waals surface area (Å²) in [7, 11) is 0. The molecule has 0 spiro atoms. The molecular formula is C26H34N4O7. The Morgan fingerprint density at radius 3 is 2.38 bits per heavy atom. The molecule has 11 nitrogen and oxygen atoms in total. The fourth-order valence-electron chi connectivity index (χ4n) is 4.35. The van der Waals surface area contributed by atoms with E-state index in [9.17, 15) is 28.8 Å². The van der Waals surface area contributed by atoms with Gasteiger partial charge in [0.2, 0.25) is 11.8 Å². The van der Waals surface area contributed by atoms with Crippen LogP contribution in [0.5, 0.6) is 0 Å². The first-order valence-electron chi connectivity index (χ1n) is 12.4. The molecule has 0 aliphatic carbocycles. The summed E-state index contributed by atoms with van der Waals surface area (Å²) in [5.41, 5.74) is -0.397. The molecule has 2 N–H and O–H groups in total. The van der Waals surface area contributed by atoms with Gasteiger partial charge in [0.15, 0.2) is 5.78 Å². The zero-order valence-corrected chi connectivity index (χ0v) is 21.6. The minimum Gasteiger partial charge on any atom is -0.460 e. The van der Waals surface area contributed by atoms with Crippen LogP contribution >= 0.6 is 0 Å². The van der Waals surface area contributed by atoms with Crippen LogP contribution in [0.15, 0.2) is 30.3 Å². The third-order valence-corrected chi connectivity index (χ3v) is 6.10. The first-order valence-corrected chi connectivity index (χ1v) is 12.4. The molecule has 37 heavy (non-hydrogen) atoms. The molecule has 2 fully saturated rings. The smallest absolute Gasteiger partial charge is 0.308 e. The molecule has 0 aromatic heterocycles. The second-order valence-electron chi connectivity index (χ2n) is 10.3. The third kappa shape index (κ3) is 7.14. The Morgan fingerprint density at radius 1 is 1.08 bits per heavy atom. The molecule has 3 unspecified atom stereocenters. The second kappa shape index (κ2) is 11.5. The highest BCUT2D eigenvalue weighted by molar-refractivity contribution is 6.00. The van der Waals surface area contributed by atoms with Crippen LogP contribution in [0.25, 0.3) is 0 Å². The topological polar surface area (TPSA) is 142 Å². The van der Waals surface area contributed by atoms with Crippen molar-refractivity contribution >= 4 is 35.4 Å². The molecule has 11 heteroatoms. The normalized spacial score (nSPS) is 20.9. The SMILES string of the molecule is CC(=O)C(CC(=O)OC(C)(C)C)NC(=O)C1CCCN2C(=O)CCC(NC(=O)c3ccccc3)C(=O)N12. The number of fused-ring (bicyclic) bond motifs is 1. The van der Waals surface area contributed by atoms with E-state index in [4.69, 9.17) is 4.74 Å². The van der Waals surface area contributed by atoms with E-state index in [1.807, 2.05) is 0 Å². The fraction of sp³-hybridized carbons (Fsp3) is 0.538. The van der Waals surface area contributed by atoms with E-state index in [1.165, 1.54) is 11.9 Å². The maximum Gasteiger partial charge on any atom is 0.308 e. The molecule has 0 bridgehead atoms. The van der Waals surface area contributed by atoms with Crippen molar-refractivity contribution in [2.45, 2.75) is 83.5 Å². The molecule has 200 valence electrons. The van der Waals surface area contributed by atoms with E-state index in [2.05, 4.69) is 10.6 Å². The molecule has 2 heterocycles. The van der Waals surface area contributed by atoms with Crippen LogP contribution in [-0.4, -0.2) is 75.7 Å². The molecule has 4 amide bonds. The summed E-state index contributed by atoms with van der Waals surface area (Å²) in [5.74, 6) is -3.14. The molecule has 3 rings (SSSR count). The maximum atomic E-state index is 13.6. The van der Waals surface area contributed by atoms with Crippen LogP contribution in [-0.2, 0) is 28.7 Å². The van der Waals surface area contributed by atoms with Gasteiger partial charge in [0.25, 0.3) is 11.8 Å². The lowest BCUT2D eigenvalue weighted by molar-refractivity contribution is -0.176. The average molecular weight is 515 g/mol. The lowest BCUT2D eigenvalue weighted by Crippen LogP contribution is -2.64. The van der Waals surface area contributed by atoms with E-state index in [0.717, 1.165) is 5.01 Å². The number of esters is 1. The lowest BCUT2D eigenvalue weighted by Gasteiger charge is -2.43. The van der Waals surface area contributed by atoms with Crippen molar-refractivity contribution in [1.82, 2.24) is 20.7 Å². The monoisotopic (exact) mass is 514 g/mol. The number of hydrazine groups is 1. The van der Waals surface area contributed by atoms with Crippen LogP contribution in [0, 0.1) is 0 Å². The minimum absolute atomic E-state index is 0.0189. The Hall–Kier alpha value is -3.76. The lowest BCUT2D eigenvalue weighted by atomic mass is 10.0. The third-order valence-electron chi connectivity index (χ3n) is 6.10. The van der Waals surface area contributed by atoms with Gasteiger partial charge in [-0.15, -0.1) is 0 Å². The highest BCUT2D eigenvalue weighted by atomic mass is 16.6. The molecular weight excluding hydrogens is 480 g/mol. The van der Waals surface area contributed by atoms with E-state index in [0.29, 0.717) is 12.0 Å². The summed E-state index contributed by atoms with van der Waals surface area (Å²) in [4.78, 5) is 76.9. The highest BCUT2D eigenvalue weighted by Crippen LogP contribution is 2.25. The standard InChI is InChI=1S/C26H34N4O7/c1-16(31)19(15-22(33)37-26(2,3)4)28-24(35)20-11-8-14-29-21(32)13-12-18(25(36)30(20)29)27-23(34)17-9-6-5-7-10-17/h5-7,9-10,18-20H,8,11-15H2,1-4H3,(H,27,34)(H,28,35). The average Bonchev–Trinajstić information content (AvgIpc) is 2.95. The zero-order chi connectivity index (χ0) is 27.3. The summed E-state index contributed by atoms with van der Waals surface area (Å²) < 4.78 is 5.27. The van der Waals surface area contributed by atoms with Crippen molar-refractivity contribution in [3.05, 3.63) is 35.9 Å². The summed E-state index contributed by atoms with van der Waals surface area (Å²) in [6.07, 6.45) is 0.456. The van der Waals surface area contributed by atoms with Crippen LogP contribution in [0.2, 0.25) is 0 Å². The van der Waals surface area contributed by atoms with Crippen molar-refractivity contribution in [3.63, 3.8) is 0 Å².